The summed E-state index contributed by atoms with van der Waals surface area (Å²) in [4.78, 5) is 9.69. The summed E-state index contributed by atoms with van der Waals surface area (Å²) in [7, 11) is 0. The van der Waals surface area contributed by atoms with Gasteiger partial charge in [-0.1, -0.05) is 0 Å². The molecule has 0 radical (unpaired) electrons. The van der Waals surface area contributed by atoms with Gasteiger partial charge in [0.05, 0.1) is 0 Å². The molecule has 0 N–H and O–H groups in total. The Morgan fingerprint density at radius 3 is 2.20 bits per heavy atom. The van der Waals surface area contributed by atoms with Crippen LogP contribution in [-0.2, 0) is 4.79 Å². The second kappa shape index (κ2) is 2.26. The first-order chi connectivity index (χ1) is 2.27. The summed E-state index contributed by atoms with van der Waals surface area (Å²) in [6.07, 6.45) is 1.28. The zero-order chi connectivity index (χ0) is 4.28. The molecule has 0 aliphatic carbocycles. The fourth-order valence-electron chi connectivity index (χ4n) is 0. The van der Waals surface area contributed by atoms with E-state index < -0.39 is 0 Å². The first-order valence-corrected chi connectivity index (χ1v) is 1.40. The molecule has 0 atom stereocenters. The molecule has 0 heterocycles. The van der Waals surface area contributed by atoms with Crippen molar-refractivity contribution < 1.29 is 4.79 Å². The van der Waals surface area contributed by atoms with Gasteiger partial charge in [-0.2, -0.15) is 0 Å². The topological polar surface area (TPSA) is 17.1 Å². The molecule has 0 amide bonds. The van der Waals surface area contributed by atoms with E-state index in [9.17, 15) is 4.79 Å². The van der Waals surface area contributed by atoms with Crippen molar-refractivity contribution in [1.29, 1.82) is 0 Å². The zero-order valence-corrected chi connectivity index (χ0v) is 3.19. The number of allylic oxidation sites excluding steroid dienone is 1. The molecule has 0 aliphatic heterocycles. The van der Waals surface area contributed by atoms with E-state index in [2.05, 4.69) is 6.58 Å². The standard InChI is InChI=1S/C3H3O.Li/c1-2-3-4;/h2H,1H2;. The molecular formula is C3H3LiO. The summed E-state index contributed by atoms with van der Waals surface area (Å²) < 4.78 is 0.0185. The van der Waals surface area contributed by atoms with Gasteiger partial charge in [0.25, 0.3) is 0 Å². The van der Waals surface area contributed by atoms with E-state index >= 15 is 0 Å². The minimum absolute atomic E-state index is 0.0185. The monoisotopic (exact) mass is 62.0 g/mol. The van der Waals surface area contributed by atoms with Crippen molar-refractivity contribution in [2.45, 2.75) is 0 Å². The van der Waals surface area contributed by atoms with Crippen LogP contribution in [-0.4, -0.2) is 22.2 Å². The molecule has 0 aromatic heterocycles. The Kier molecular flexibility index (Phi) is 2.26. The first-order valence-electron chi connectivity index (χ1n) is 1.40. The third-order valence-electron chi connectivity index (χ3n) is 0.287. The third-order valence-corrected chi connectivity index (χ3v) is 0.287. The quantitative estimate of drug-likeness (QED) is 0.305. The molecule has 0 rings (SSSR count). The second-order valence-corrected chi connectivity index (χ2v) is 0.815. The SMILES string of the molecule is [Li][C](=O)C=C. The van der Waals surface area contributed by atoms with Crippen LogP contribution >= 0.6 is 0 Å². The van der Waals surface area contributed by atoms with E-state index in [0.29, 0.717) is 0 Å². The van der Waals surface area contributed by atoms with Crippen LogP contribution in [0.3, 0.4) is 0 Å². The van der Waals surface area contributed by atoms with Gasteiger partial charge in [0, 0.05) is 0 Å². The molecule has 0 unspecified atom stereocenters. The molecule has 0 spiro atoms. The van der Waals surface area contributed by atoms with Gasteiger partial charge in [-0.15, -0.1) is 0 Å². The average molecular weight is 62.0 g/mol. The van der Waals surface area contributed by atoms with Gasteiger partial charge in [-0.05, 0) is 0 Å². The van der Waals surface area contributed by atoms with Crippen LogP contribution in [0.2, 0.25) is 0 Å². The van der Waals surface area contributed by atoms with E-state index in [1.54, 1.807) is 0 Å². The summed E-state index contributed by atoms with van der Waals surface area (Å²) in [6, 6.07) is 0. The molecule has 2 heteroatoms. The van der Waals surface area contributed by atoms with E-state index in [1.165, 1.54) is 23.8 Å². The predicted molar refractivity (Wildman–Crippen MR) is 21.0 cm³/mol. The Morgan fingerprint density at radius 2 is 2.20 bits per heavy atom. The number of carbonyl (C=O) groups excluding carboxylic acids is 1. The molecule has 0 aliphatic rings. The Balaban J connectivity index is 3.20. The summed E-state index contributed by atoms with van der Waals surface area (Å²) in [5.74, 6) is 0. The van der Waals surface area contributed by atoms with Crippen LogP contribution in [0.25, 0.3) is 0 Å². The molecular weight excluding hydrogens is 59.0 g/mol. The van der Waals surface area contributed by atoms with Gasteiger partial charge in [0.2, 0.25) is 0 Å². The van der Waals surface area contributed by atoms with Gasteiger partial charge < -0.3 is 0 Å². The summed E-state index contributed by atoms with van der Waals surface area (Å²) in [6.45, 7) is 3.21. The molecule has 0 fully saturated rings. The first kappa shape index (κ1) is 5.01. The number of hydrogen-bond donors (Lipinski definition) is 0. The van der Waals surface area contributed by atoms with Crippen molar-refractivity contribution in [1.82, 2.24) is 0 Å². The Hall–Kier alpha value is 0.00740. The molecule has 22 valence electrons. The third kappa shape index (κ3) is 4.01. The second-order valence-electron chi connectivity index (χ2n) is 0.815. The fourth-order valence-corrected chi connectivity index (χ4v) is 0. The van der Waals surface area contributed by atoms with E-state index in [4.69, 9.17) is 0 Å². The summed E-state index contributed by atoms with van der Waals surface area (Å²) >= 11 is 1.47. The number of carbonyl (C=O) groups is 1. The molecule has 0 saturated carbocycles. The van der Waals surface area contributed by atoms with Crippen LogP contribution < -0.4 is 0 Å². The molecule has 0 aromatic carbocycles. The molecule has 0 saturated heterocycles. The van der Waals surface area contributed by atoms with Crippen LogP contribution in [0.4, 0.5) is 0 Å². The fraction of sp³-hybridized carbons (Fsp3) is 0. The van der Waals surface area contributed by atoms with Crippen LogP contribution in [0, 0.1) is 0 Å². The molecule has 0 aromatic rings. The van der Waals surface area contributed by atoms with Crippen molar-refractivity contribution in [3.8, 4) is 0 Å². The predicted octanol–water partition coefficient (Wildman–Crippen LogP) is -0.133. The van der Waals surface area contributed by atoms with E-state index in [1.807, 2.05) is 0 Å². The van der Waals surface area contributed by atoms with E-state index in [0.717, 1.165) is 0 Å². The van der Waals surface area contributed by atoms with Crippen molar-refractivity contribution in [2.75, 3.05) is 0 Å². The van der Waals surface area contributed by atoms with Crippen molar-refractivity contribution >= 4 is 22.2 Å². The van der Waals surface area contributed by atoms with E-state index in [-0.39, 0.29) is 4.46 Å². The summed E-state index contributed by atoms with van der Waals surface area (Å²) in [5.41, 5.74) is 0. The van der Waals surface area contributed by atoms with Crippen LogP contribution in [0.1, 0.15) is 0 Å². The van der Waals surface area contributed by atoms with Crippen molar-refractivity contribution in [3.05, 3.63) is 12.7 Å². The maximum atomic E-state index is 9.69. The minimum atomic E-state index is 0.0185. The molecule has 5 heavy (non-hydrogen) atoms. The van der Waals surface area contributed by atoms with Crippen LogP contribution in [0.5, 0.6) is 0 Å². The van der Waals surface area contributed by atoms with Crippen molar-refractivity contribution in [3.63, 3.8) is 0 Å². The van der Waals surface area contributed by atoms with Gasteiger partial charge in [-0.25, -0.2) is 0 Å². The zero-order valence-electron chi connectivity index (χ0n) is 3.19. The van der Waals surface area contributed by atoms with Gasteiger partial charge in [0.15, 0.2) is 0 Å². The van der Waals surface area contributed by atoms with Crippen LogP contribution in [0.15, 0.2) is 12.7 Å². The Bertz CT molecular complexity index is 57.9. The van der Waals surface area contributed by atoms with Gasteiger partial charge in [-0.3, -0.25) is 0 Å². The van der Waals surface area contributed by atoms with Gasteiger partial charge >= 0.3 is 39.6 Å². The average Bonchev–Trinajstić information content (AvgIpc) is 1.38. The number of hydrogen-bond acceptors (Lipinski definition) is 1. The number of rotatable bonds is 1. The van der Waals surface area contributed by atoms with Crippen molar-refractivity contribution in [2.24, 2.45) is 0 Å². The normalized spacial score (nSPS) is 6.80. The Labute approximate surface area is 40.3 Å². The molecule has 0 bridgehead atoms. The molecule has 1 nitrogen and oxygen atoms in total. The Morgan fingerprint density at radius 1 is 2.00 bits per heavy atom. The maximum absolute atomic E-state index is 9.69. The van der Waals surface area contributed by atoms with Gasteiger partial charge in [0.1, 0.15) is 0 Å². The summed E-state index contributed by atoms with van der Waals surface area (Å²) in [5, 5.41) is 0.